The number of ether oxygens (including phenoxy) is 1. The standard InChI is InChI=1S/C12H16BrNO/c13-11-4-1-3-10(7-11)12(5-2-6-14)8-15-9-12/h1,3-4,7H,2,5-6,8-9,14H2. The van der Waals surface area contributed by atoms with Gasteiger partial charge in [0.1, 0.15) is 0 Å². The molecule has 1 aromatic rings. The molecule has 1 fully saturated rings. The lowest BCUT2D eigenvalue weighted by Gasteiger charge is -2.42. The van der Waals surface area contributed by atoms with E-state index < -0.39 is 0 Å². The summed E-state index contributed by atoms with van der Waals surface area (Å²) in [5, 5.41) is 0. The van der Waals surface area contributed by atoms with Crippen molar-refractivity contribution >= 4 is 15.9 Å². The van der Waals surface area contributed by atoms with Crippen LogP contribution in [-0.2, 0) is 10.2 Å². The van der Waals surface area contributed by atoms with E-state index in [9.17, 15) is 0 Å². The third-order valence-electron chi connectivity index (χ3n) is 3.05. The highest BCUT2D eigenvalue weighted by Crippen LogP contribution is 2.37. The van der Waals surface area contributed by atoms with Crippen LogP contribution in [-0.4, -0.2) is 19.8 Å². The van der Waals surface area contributed by atoms with Gasteiger partial charge in [0, 0.05) is 9.89 Å². The monoisotopic (exact) mass is 269 g/mol. The first-order valence-corrected chi connectivity index (χ1v) is 6.10. The molecular weight excluding hydrogens is 254 g/mol. The zero-order valence-electron chi connectivity index (χ0n) is 8.71. The van der Waals surface area contributed by atoms with Crippen LogP contribution < -0.4 is 5.73 Å². The summed E-state index contributed by atoms with van der Waals surface area (Å²) in [6.07, 6.45) is 2.19. The average molecular weight is 270 g/mol. The van der Waals surface area contributed by atoms with E-state index in [2.05, 4.69) is 40.2 Å². The zero-order chi connectivity index (χ0) is 10.7. The van der Waals surface area contributed by atoms with Crippen LogP contribution in [0.25, 0.3) is 0 Å². The molecule has 0 amide bonds. The molecule has 3 heteroatoms. The van der Waals surface area contributed by atoms with Crippen molar-refractivity contribution in [1.82, 2.24) is 0 Å². The lowest BCUT2D eigenvalue weighted by Crippen LogP contribution is -2.47. The molecule has 0 spiro atoms. The van der Waals surface area contributed by atoms with Crippen molar-refractivity contribution in [1.29, 1.82) is 0 Å². The van der Waals surface area contributed by atoms with E-state index in [4.69, 9.17) is 10.5 Å². The maximum Gasteiger partial charge on any atom is 0.0585 e. The summed E-state index contributed by atoms with van der Waals surface area (Å²) in [5.41, 5.74) is 7.17. The van der Waals surface area contributed by atoms with Crippen molar-refractivity contribution < 1.29 is 4.74 Å². The molecule has 0 radical (unpaired) electrons. The molecule has 15 heavy (non-hydrogen) atoms. The molecule has 0 unspecified atom stereocenters. The van der Waals surface area contributed by atoms with Crippen molar-refractivity contribution in [3.63, 3.8) is 0 Å². The molecule has 0 aromatic heterocycles. The molecule has 0 bridgehead atoms. The van der Waals surface area contributed by atoms with Crippen LogP contribution in [0.1, 0.15) is 18.4 Å². The van der Waals surface area contributed by atoms with E-state index in [1.165, 1.54) is 5.56 Å². The summed E-state index contributed by atoms with van der Waals surface area (Å²) in [4.78, 5) is 0. The molecule has 1 aliphatic heterocycles. The predicted octanol–water partition coefficient (Wildman–Crippen LogP) is 2.46. The fraction of sp³-hybridized carbons (Fsp3) is 0.500. The third-order valence-corrected chi connectivity index (χ3v) is 3.55. The lowest BCUT2D eigenvalue weighted by atomic mass is 9.75. The van der Waals surface area contributed by atoms with Gasteiger partial charge in [-0.1, -0.05) is 28.1 Å². The van der Waals surface area contributed by atoms with Gasteiger partial charge in [0.15, 0.2) is 0 Å². The van der Waals surface area contributed by atoms with Crippen LogP contribution >= 0.6 is 15.9 Å². The first-order chi connectivity index (χ1) is 7.27. The first kappa shape index (κ1) is 11.1. The van der Waals surface area contributed by atoms with E-state index >= 15 is 0 Å². The molecule has 2 N–H and O–H groups in total. The molecule has 1 saturated heterocycles. The Labute approximate surface area is 98.9 Å². The average Bonchev–Trinajstić information content (AvgIpc) is 2.16. The highest BCUT2D eigenvalue weighted by molar-refractivity contribution is 9.10. The van der Waals surface area contributed by atoms with Gasteiger partial charge in [-0.15, -0.1) is 0 Å². The van der Waals surface area contributed by atoms with E-state index in [-0.39, 0.29) is 5.41 Å². The number of benzene rings is 1. The fourth-order valence-corrected chi connectivity index (χ4v) is 2.46. The minimum Gasteiger partial charge on any atom is -0.379 e. The minimum atomic E-state index is 0.225. The molecule has 1 aromatic carbocycles. The summed E-state index contributed by atoms with van der Waals surface area (Å²) in [6, 6.07) is 8.52. The summed E-state index contributed by atoms with van der Waals surface area (Å²) in [6.45, 7) is 2.43. The van der Waals surface area contributed by atoms with Crippen molar-refractivity contribution in [2.45, 2.75) is 18.3 Å². The molecule has 2 rings (SSSR count). The molecule has 0 aliphatic carbocycles. The number of halogens is 1. The molecule has 1 heterocycles. The molecule has 2 nitrogen and oxygen atoms in total. The largest absolute Gasteiger partial charge is 0.379 e. The SMILES string of the molecule is NCCCC1(c2cccc(Br)c2)COC1. The maximum absolute atomic E-state index is 5.57. The lowest BCUT2D eigenvalue weighted by molar-refractivity contribution is -0.0649. The van der Waals surface area contributed by atoms with E-state index in [0.717, 1.165) is 37.1 Å². The zero-order valence-corrected chi connectivity index (χ0v) is 10.3. The van der Waals surface area contributed by atoms with Gasteiger partial charge >= 0.3 is 0 Å². The Morgan fingerprint density at radius 2 is 2.20 bits per heavy atom. The molecule has 0 atom stereocenters. The smallest absolute Gasteiger partial charge is 0.0585 e. The molecular formula is C12H16BrNO. The van der Waals surface area contributed by atoms with Gasteiger partial charge in [-0.3, -0.25) is 0 Å². The third kappa shape index (κ3) is 2.25. The highest BCUT2D eigenvalue weighted by Gasteiger charge is 2.39. The van der Waals surface area contributed by atoms with E-state index in [1.807, 2.05) is 0 Å². The quantitative estimate of drug-likeness (QED) is 0.912. The van der Waals surface area contributed by atoms with Gasteiger partial charge in [-0.05, 0) is 37.1 Å². The topological polar surface area (TPSA) is 35.2 Å². The van der Waals surface area contributed by atoms with Crippen LogP contribution in [0.15, 0.2) is 28.7 Å². The summed E-state index contributed by atoms with van der Waals surface area (Å²) < 4.78 is 6.51. The van der Waals surface area contributed by atoms with Crippen LogP contribution in [0.4, 0.5) is 0 Å². The van der Waals surface area contributed by atoms with Crippen LogP contribution in [0, 0.1) is 0 Å². The number of hydrogen-bond donors (Lipinski definition) is 1. The minimum absolute atomic E-state index is 0.225. The highest BCUT2D eigenvalue weighted by atomic mass is 79.9. The van der Waals surface area contributed by atoms with Gasteiger partial charge < -0.3 is 10.5 Å². The Hall–Kier alpha value is -0.380. The van der Waals surface area contributed by atoms with Crippen molar-refractivity contribution in [2.24, 2.45) is 5.73 Å². The molecule has 0 saturated carbocycles. The Morgan fingerprint density at radius 3 is 2.73 bits per heavy atom. The van der Waals surface area contributed by atoms with Gasteiger partial charge in [0.05, 0.1) is 13.2 Å². The van der Waals surface area contributed by atoms with Gasteiger partial charge in [-0.25, -0.2) is 0 Å². The molecule has 82 valence electrons. The van der Waals surface area contributed by atoms with Gasteiger partial charge in [-0.2, -0.15) is 0 Å². The Morgan fingerprint density at radius 1 is 1.40 bits per heavy atom. The van der Waals surface area contributed by atoms with Crippen molar-refractivity contribution in [2.75, 3.05) is 19.8 Å². The number of rotatable bonds is 4. The second kappa shape index (κ2) is 4.64. The van der Waals surface area contributed by atoms with Crippen LogP contribution in [0.2, 0.25) is 0 Å². The predicted molar refractivity (Wildman–Crippen MR) is 64.9 cm³/mol. The van der Waals surface area contributed by atoms with E-state index in [1.54, 1.807) is 0 Å². The van der Waals surface area contributed by atoms with E-state index in [0.29, 0.717) is 0 Å². The van der Waals surface area contributed by atoms with Gasteiger partial charge in [0.2, 0.25) is 0 Å². The summed E-state index contributed by atoms with van der Waals surface area (Å²) in [7, 11) is 0. The second-order valence-electron chi connectivity index (χ2n) is 4.18. The Bertz CT molecular complexity index is 336. The Balaban J connectivity index is 2.18. The maximum atomic E-state index is 5.57. The van der Waals surface area contributed by atoms with Crippen LogP contribution in [0.3, 0.4) is 0 Å². The summed E-state index contributed by atoms with van der Waals surface area (Å²) in [5.74, 6) is 0. The van der Waals surface area contributed by atoms with Crippen molar-refractivity contribution in [3.05, 3.63) is 34.3 Å². The van der Waals surface area contributed by atoms with Gasteiger partial charge in [0.25, 0.3) is 0 Å². The normalized spacial score (nSPS) is 18.5. The van der Waals surface area contributed by atoms with Crippen LogP contribution in [0.5, 0.6) is 0 Å². The number of hydrogen-bond acceptors (Lipinski definition) is 2. The first-order valence-electron chi connectivity index (χ1n) is 5.31. The molecule has 1 aliphatic rings. The van der Waals surface area contributed by atoms with Crippen molar-refractivity contribution in [3.8, 4) is 0 Å². The fourth-order valence-electron chi connectivity index (χ4n) is 2.06. The summed E-state index contributed by atoms with van der Waals surface area (Å²) >= 11 is 3.51. The number of nitrogens with two attached hydrogens (primary N) is 1. The second-order valence-corrected chi connectivity index (χ2v) is 5.09. The Kier molecular flexibility index (Phi) is 3.44.